The first kappa shape index (κ1) is 19.5. The van der Waals surface area contributed by atoms with Crippen LogP contribution in [-0.2, 0) is 17.2 Å². The monoisotopic (exact) mass is 429 g/mol. The second-order valence-electron chi connectivity index (χ2n) is 8.45. The maximum atomic E-state index is 13.2. The van der Waals surface area contributed by atoms with E-state index in [1.807, 2.05) is 12.1 Å². The van der Waals surface area contributed by atoms with Crippen molar-refractivity contribution >= 4 is 22.6 Å². The van der Waals surface area contributed by atoms with Crippen molar-refractivity contribution in [2.45, 2.75) is 48.5 Å². The summed E-state index contributed by atoms with van der Waals surface area (Å²) in [6.07, 6.45) is 4.29. The molecule has 1 N–H and O–H groups in total. The van der Waals surface area contributed by atoms with E-state index in [0.717, 1.165) is 44.5 Å². The molecular formula is C21H24FN5O2S. The van der Waals surface area contributed by atoms with E-state index in [-0.39, 0.29) is 17.9 Å². The van der Waals surface area contributed by atoms with Gasteiger partial charge in [-0.3, -0.25) is 4.21 Å². The number of nitroso groups, excluding NO2 is 1. The zero-order valence-corrected chi connectivity index (χ0v) is 17.5. The zero-order chi connectivity index (χ0) is 20.7. The molecule has 1 saturated heterocycles. The Kier molecular flexibility index (Phi) is 5.00. The molecule has 7 nitrogen and oxygen atoms in total. The van der Waals surface area contributed by atoms with Gasteiger partial charge in [0.25, 0.3) is 0 Å². The number of halogens is 1. The number of aryl methyl sites for hydroxylation is 1. The number of fused-ring (bicyclic) bond motifs is 1. The van der Waals surface area contributed by atoms with Crippen molar-refractivity contribution in [2.75, 3.05) is 35.6 Å². The highest BCUT2D eigenvalue weighted by Gasteiger charge is 2.45. The summed E-state index contributed by atoms with van der Waals surface area (Å²) < 4.78 is 25.7. The molecule has 2 fully saturated rings. The Bertz CT molecular complexity index is 988. The summed E-state index contributed by atoms with van der Waals surface area (Å²) in [5.74, 6) is 2.01. The van der Waals surface area contributed by atoms with Crippen LogP contribution in [0.25, 0.3) is 0 Å². The molecule has 1 unspecified atom stereocenters. The van der Waals surface area contributed by atoms with Gasteiger partial charge in [0.1, 0.15) is 23.1 Å². The molecule has 9 heteroatoms. The van der Waals surface area contributed by atoms with Crippen molar-refractivity contribution in [2.24, 2.45) is 5.18 Å². The highest BCUT2D eigenvalue weighted by molar-refractivity contribution is 7.85. The van der Waals surface area contributed by atoms with E-state index in [2.05, 4.69) is 15.4 Å². The van der Waals surface area contributed by atoms with Crippen LogP contribution < -0.4 is 10.2 Å². The fourth-order valence-electron chi connectivity index (χ4n) is 4.41. The van der Waals surface area contributed by atoms with Gasteiger partial charge in [0.05, 0.1) is 22.0 Å². The summed E-state index contributed by atoms with van der Waals surface area (Å²) in [4.78, 5) is 23.2. The molecule has 5 rings (SSSR count). The Labute approximate surface area is 176 Å². The fraction of sp³-hybridized carbons (Fsp3) is 0.524. The third-order valence-corrected chi connectivity index (χ3v) is 7.86. The predicted octanol–water partition coefficient (Wildman–Crippen LogP) is 3.37. The van der Waals surface area contributed by atoms with Gasteiger partial charge >= 0.3 is 0 Å². The van der Waals surface area contributed by atoms with E-state index in [9.17, 15) is 13.5 Å². The van der Waals surface area contributed by atoms with Gasteiger partial charge in [0, 0.05) is 25.3 Å². The van der Waals surface area contributed by atoms with Gasteiger partial charge in [0.15, 0.2) is 0 Å². The molecule has 0 radical (unpaired) electrons. The minimum absolute atomic E-state index is 0.191. The average Bonchev–Trinajstić information content (AvgIpc) is 3.40. The molecule has 0 amide bonds. The summed E-state index contributed by atoms with van der Waals surface area (Å²) in [6.45, 7) is 1.81. The number of benzene rings is 1. The van der Waals surface area contributed by atoms with E-state index in [4.69, 9.17) is 9.97 Å². The number of aromatic nitrogens is 2. The second kappa shape index (κ2) is 7.68. The standard InChI is InChI=1S/C21H24FN5O2S/c22-16-3-1-14(2-4-16)15-5-10-27(11-6-15)20-24-17-7-12-30(29)18(17)19(25-20)26-21(8-9-21)13-23-28/h1-4,15H,5-13H2,(H,24,25,26). The second-order valence-corrected chi connectivity index (χ2v) is 9.96. The molecule has 1 aromatic carbocycles. The minimum atomic E-state index is -1.11. The van der Waals surface area contributed by atoms with Crippen LogP contribution >= 0.6 is 0 Å². The maximum Gasteiger partial charge on any atom is 0.227 e. The van der Waals surface area contributed by atoms with Gasteiger partial charge < -0.3 is 10.2 Å². The molecule has 158 valence electrons. The number of anilines is 2. The number of hydrogen-bond acceptors (Lipinski definition) is 7. The van der Waals surface area contributed by atoms with Crippen molar-refractivity contribution in [1.82, 2.24) is 9.97 Å². The van der Waals surface area contributed by atoms with Crippen molar-refractivity contribution in [3.8, 4) is 0 Å². The summed E-state index contributed by atoms with van der Waals surface area (Å²) in [5.41, 5.74) is 1.67. The molecule has 2 aromatic rings. The van der Waals surface area contributed by atoms with E-state index >= 15 is 0 Å². The first-order chi connectivity index (χ1) is 14.6. The number of rotatable bonds is 6. The zero-order valence-electron chi connectivity index (χ0n) is 16.6. The number of nitrogens with zero attached hydrogens (tertiary/aromatic N) is 4. The van der Waals surface area contributed by atoms with Gasteiger partial charge in [-0.2, -0.15) is 9.89 Å². The van der Waals surface area contributed by atoms with Gasteiger partial charge in [-0.15, -0.1) is 0 Å². The maximum absolute atomic E-state index is 13.2. The first-order valence-corrected chi connectivity index (χ1v) is 11.8. The fourth-order valence-corrected chi connectivity index (χ4v) is 5.71. The van der Waals surface area contributed by atoms with Gasteiger partial charge in [-0.05, 0) is 49.3 Å². The molecule has 1 atom stereocenters. The summed E-state index contributed by atoms with van der Waals surface area (Å²) in [7, 11) is -1.11. The lowest BCUT2D eigenvalue weighted by molar-refractivity contribution is 0.498. The smallest absolute Gasteiger partial charge is 0.227 e. The normalized spacial score (nSPS) is 22.6. The predicted molar refractivity (Wildman–Crippen MR) is 114 cm³/mol. The Hall–Kier alpha value is -2.42. The third kappa shape index (κ3) is 3.71. The molecule has 3 aliphatic rings. The largest absolute Gasteiger partial charge is 0.361 e. The van der Waals surface area contributed by atoms with E-state index in [1.165, 1.54) is 17.7 Å². The lowest BCUT2D eigenvalue weighted by Crippen LogP contribution is -2.35. The molecule has 30 heavy (non-hydrogen) atoms. The van der Waals surface area contributed by atoms with Crippen LogP contribution in [0, 0.1) is 10.7 Å². The Morgan fingerprint density at radius 3 is 2.60 bits per heavy atom. The van der Waals surface area contributed by atoms with E-state index in [0.29, 0.717) is 34.8 Å². The van der Waals surface area contributed by atoms with Crippen LogP contribution in [0.2, 0.25) is 0 Å². The van der Waals surface area contributed by atoms with Gasteiger partial charge in [-0.25, -0.2) is 9.37 Å². The molecule has 1 aliphatic carbocycles. The topological polar surface area (TPSA) is 87.6 Å². The minimum Gasteiger partial charge on any atom is -0.361 e. The van der Waals surface area contributed by atoms with Crippen molar-refractivity contribution in [1.29, 1.82) is 0 Å². The number of hydrogen-bond donors (Lipinski definition) is 1. The lowest BCUT2D eigenvalue weighted by atomic mass is 9.89. The number of piperidine rings is 1. The van der Waals surface area contributed by atoms with Crippen LogP contribution in [0.15, 0.2) is 34.3 Å². The van der Waals surface area contributed by atoms with E-state index < -0.39 is 10.8 Å². The Balaban J connectivity index is 1.36. The first-order valence-electron chi connectivity index (χ1n) is 10.4. The lowest BCUT2D eigenvalue weighted by Gasteiger charge is -2.32. The van der Waals surface area contributed by atoms with Crippen LogP contribution in [-0.4, -0.2) is 45.1 Å². The Morgan fingerprint density at radius 2 is 1.93 bits per heavy atom. The molecule has 2 aliphatic heterocycles. The summed E-state index contributed by atoms with van der Waals surface area (Å²) in [6, 6.07) is 6.78. The molecule has 3 heterocycles. The summed E-state index contributed by atoms with van der Waals surface area (Å²) in [5, 5.41) is 6.45. The van der Waals surface area contributed by atoms with Crippen molar-refractivity contribution in [3.05, 3.63) is 46.2 Å². The van der Waals surface area contributed by atoms with Crippen LogP contribution in [0.1, 0.15) is 42.9 Å². The highest BCUT2D eigenvalue weighted by atomic mass is 32.2. The van der Waals surface area contributed by atoms with Crippen molar-refractivity contribution in [3.63, 3.8) is 0 Å². The summed E-state index contributed by atoms with van der Waals surface area (Å²) >= 11 is 0. The van der Waals surface area contributed by atoms with Crippen LogP contribution in [0.3, 0.4) is 0 Å². The van der Waals surface area contributed by atoms with Gasteiger partial charge in [0.2, 0.25) is 5.95 Å². The molecule has 1 saturated carbocycles. The van der Waals surface area contributed by atoms with Crippen LogP contribution in [0.5, 0.6) is 0 Å². The highest BCUT2D eigenvalue weighted by Crippen LogP contribution is 2.42. The third-order valence-electron chi connectivity index (χ3n) is 6.40. The molecule has 1 aromatic heterocycles. The van der Waals surface area contributed by atoms with Crippen LogP contribution in [0.4, 0.5) is 16.2 Å². The average molecular weight is 430 g/mol. The molecular weight excluding hydrogens is 405 g/mol. The quantitative estimate of drug-likeness (QED) is 0.709. The molecule has 0 bridgehead atoms. The Morgan fingerprint density at radius 1 is 1.20 bits per heavy atom. The van der Waals surface area contributed by atoms with Crippen molar-refractivity contribution < 1.29 is 8.60 Å². The number of nitrogens with one attached hydrogen (secondary N) is 1. The van der Waals surface area contributed by atoms with Gasteiger partial charge in [-0.1, -0.05) is 17.3 Å². The van der Waals surface area contributed by atoms with E-state index in [1.54, 1.807) is 0 Å². The molecule has 0 spiro atoms. The SMILES string of the molecule is O=NCC1(Nc2nc(N3CCC(c4ccc(F)cc4)CC3)nc3c2S(=O)CC3)CC1.